The van der Waals surface area contributed by atoms with Gasteiger partial charge >= 0.3 is 0 Å². The highest BCUT2D eigenvalue weighted by molar-refractivity contribution is 5.84. The molecule has 0 N–H and O–H groups in total. The lowest BCUT2D eigenvalue weighted by molar-refractivity contribution is 1.28. The molecular weight excluding hydrogens is 558 g/mol. The van der Waals surface area contributed by atoms with Gasteiger partial charge in [-0.1, -0.05) is 127 Å². The summed E-state index contributed by atoms with van der Waals surface area (Å²) in [4.78, 5) is 6.00. The molecule has 6 rings (SSSR count). The Morgan fingerprint density at radius 1 is 0.565 bits per heavy atom. The Hall–Kier alpha value is -6.42. The number of aryl methyl sites for hydroxylation is 1. The first-order chi connectivity index (χ1) is 22.6. The standard InChI is InChI=1S/C43H31N3/c1-32-13-15-33(16-14-32)17-21-37-30-43(45-2)38(29-39(37)31-44)22-18-34-19-25-41(26-20-34)46(40-11-7-4-8-12-40)42-27-23-36(24-28-42)35-9-5-3-6-10-35/h3-30H,1H3/b21-17+,22-18+. The second kappa shape index (κ2) is 13.9. The molecule has 0 amide bonds. The molecule has 3 nitrogen and oxygen atoms in total. The van der Waals surface area contributed by atoms with Crippen LogP contribution in [0.1, 0.15) is 33.4 Å². The van der Waals surface area contributed by atoms with Crippen molar-refractivity contribution in [2.45, 2.75) is 6.92 Å². The van der Waals surface area contributed by atoms with Crippen molar-refractivity contribution in [2.24, 2.45) is 0 Å². The molecule has 0 spiro atoms. The molecule has 0 aromatic heterocycles. The molecule has 0 aliphatic rings. The van der Waals surface area contributed by atoms with Crippen LogP contribution in [0.15, 0.2) is 146 Å². The quantitative estimate of drug-likeness (QED) is 0.131. The van der Waals surface area contributed by atoms with Crippen molar-refractivity contribution < 1.29 is 0 Å². The Bertz CT molecular complexity index is 2080. The Kier molecular flexibility index (Phi) is 8.97. The van der Waals surface area contributed by atoms with Gasteiger partial charge < -0.3 is 4.90 Å². The first-order valence-electron chi connectivity index (χ1n) is 15.1. The van der Waals surface area contributed by atoms with Gasteiger partial charge in [0.25, 0.3) is 0 Å². The summed E-state index contributed by atoms with van der Waals surface area (Å²) < 4.78 is 0. The summed E-state index contributed by atoms with van der Waals surface area (Å²) in [7, 11) is 0. The SMILES string of the molecule is [C-]#[N+]c1cc(/C=C/c2ccc(C)cc2)c(C#N)cc1/C=C/c1ccc(N(c2ccccc2)c2ccc(-c3ccccc3)cc2)cc1. The van der Waals surface area contributed by atoms with Gasteiger partial charge in [-0.3, -0.25) is 0 Å². The van der Waals surface area contributed by atoms with E-state index in [2.05, 4.69) is 120 Å². The second-order valence-corrected chi connectivity index (χ2v) is 11.0. The van der Waals surface area contributed by atoms with Gasteiger partial charge in [0.15, 0.2) is 5.69 Å². The summed E-state index contributed by atoms with van der Waals surface area (Å²) >= 11 is 0. The first kappa shape index (κ1) is 29.6. The van der Waals surface area contributed by atoms with Crippen LogP contribution in [0.2, 0.25) is 0 Å². The van der Waals surface area contributed by atoms with E-state index in [9.17, 15) is 5.26 Å². The maximum absolute atomic E-state index is 9.88. The van der Waals surface area contributed by atoms with Gasteiger partial charge in [0.05, 0.1) is 18.2 Å². The van der Waals surface area contributed by atoms with Crippen LogP contribution in [0, 0.1) is 24.8 Å². The number of rotatable bonds is 8. The highest BCUT2D eigenvalue weighted by Crippen LogP contribution is 2.36. The molecule has 6 aromatic rings. The molecule has 3 heteroatoms. The molecular formula is C43H31N3. The third-order valence-corrected chi connectivity index (χ3v) is 7.83. The van der Waals surface area contributed by atoms with Crippen LogP contribution < -0.4 is 4.90 Å². The van der Waals surface area contributed by atoms with E-state index in [0.717, 1.165) is 33.8 Å². The number of nitriles is 1. The topological polar surface area (TPSA) is 31.4 Å². The van der Waals surface area contributed by atoms with Crippen LogP contribution in [-0.2, 0) is 0 Å². The number of nitrogens with zero attached hydrogens (tertiary/aromatic N) is 3. The Morgan fingerprint density at radius 3 is 1.65 bits per heavy atom. The monoisotopic (exact) mass is 589 g/mol. The fourth-order valence-corrected chi connectivity index (χ4v) is 5.33. The van der Waals surface area contributed by atoms with E-state index < -0.39 is 0 Å². The summed E-state index contributed by atoms with van der Waals surface area (Å²) in [6.45, 7) is 9.84. The molecule has 0 fully saturated rings. The molecule has 0 aliphatic heterocycles. The lowest BCUT2D eigenvalue weighted by atomic mass is 10.0. The Morgan fingerprint density at radius 2 is 1.07 bits per heavy atom. The lowest BCUT2D eigenvalue weighted by Crippen LogP contribution is -2.09. The van der Waals surface area contributed by atoms with Gasteiger partial charge in [-0.15, -0.1) is 0 Å². The van der Waals surface area contributed by atoms with Crippen LogP contribution in [0.3, 0.4) is 0 Å². The van der Waals surface area contributed by atoms with Crippen molar-refractivity contribution in [3.63, 3.8) is 0 Å². The van der Waals surface area contributed by atoms with E-state index in [1.54, 1.807) is 12.1 Å². The number of para-hydroxylation sites is 1. The normalized spacial score (nSPS) is 10.9. The maximum Gasteiger partial charge on any atom is 0.194 e. The molecule has 46 heavy (non-hydrogen) atoms. The molecule has 0 aliphatic carbocycles. The van der Waals surface area contributed by atoms with Gasteiger partial charge in [-0.05, 0) is 88.8 Å². The molecule has 0 atom stereocenters. The van der Waals surface area contributed by atoms with E-state index in [4.69, 9.17) is 6.57 Å². The minimum absolute atomic E-state index is 0.504. The van der Waals surface area contributed by atoms with Crippen molar-refractivity contribution in [3.8, 4) is 17.2 Å². The van der Waals surface area contributed by atoms with Crippen molar-refractivity contribution in [3.05, 3.63) is 190 Å². The fourth-order valence-electron chi connectivity index (χ4n) is 5.33. The lowest BCUT2D eigenvalue weighted by Gasteiger charge is -2.25. The molecule has 218 valence electrons. The predicted molar refractivity (Wildman–Crippen MR) is 193 cm³/mol. The largest absolute Gasteiger partial charge is 0.311 e. The van der Waals surface area contributed by atoms with E-state index in [1.807, 2.05) is 60.7 Å². The third kappa shape index (κ3) is 6.87. The van der Waals surface area contributed by atoms with Crippen LogP contribution >= 0.6 is 0 Å². The van der Waals surface area contributed by atoms with E-state index in [-0.39, 0.29) is 0 Å². The summed E-state index contributed by atoms with van der Waals surface area (Å²) in [5.41, 5.74) is 11.2. The van der Waals surface area contributed by atoms with Gasteiger partial charge in [-0.25, -0.2) is 4.85 Å². The highest BCUT2D eigenvalue weighted by atomic mass is 15.1. The summed E-state index contributed by atoms with van der Waals surface area (Å²) in [6.07, 6.45) is 7.76. The number of benzene rings is 6. The summed E-state index contributed by atoms with van der Waals surface area (Å²) in [5.74, 6) is 0. The summed E-state index contributed by atoms with van der Waals surface area (Å²) in [6, 6.07) is 51.8. The van der Waals surface area contributed by atoms with Gasteiger partial charge in [-0.2, -0.15) is 5.26 Å². The molecule has 0 heterocycles. The maximum atomic E-state index is 9.88. The van der Waals surface area contributed by atoms with Gasteiger partial charge in [0.1, 0.15) is 0 Å². The molecule has 0 radical (unpaired) electrons. The first-order valence-corrected chi connectivity index (χ1v) is 15.1. The molecule has 0 bridgehead atoms. The summed E-state index contributed by atoms with van der Waals surface area (Å²) in [5, 5.41) is 9.88. The average Bonchev–Trinajstić information content (AvgIpc) is 3.12. The number of hydrogen-bond acceptors (Lipinski definition) is 2. The minimum Gasteiger partial charge on any atom is -0.311 e. The van der Waals surface area contributed by atoms with Gasteiger partial charge in [0.2, 0.25) is 0 Å². The number of hydrogen-bond donors (Lipinski definition) is 0. The zero-order valence-electron chi connectivity index (χ0n) is 25.5. The molecule has 0 saturated heterocycles. The van der Waals surface area contributed by atoms with Crippen LogP contribution in [0.5, 0.6) is 0 Å². The predicted octanol–water partition coefficient (Wildman–Crippen LogP) is 11.9. The Balaban J connectivity index is 1.26. The molecule has 0 unspecified atom stereocenters. The van der Waals surface area contributed by atoms with E-state index in [0.29, 0.717) is 16.8 Å². The number of anilines is 3. The molecule has 0 saturated carbocycles. The third-order valence-electron chi connectivity index (χ3n) is 7.83. The van der Waals surface area contributed by atoms with Crippen LogP contribution in [0.4, 0.5) is 22.7 Å². The zero-order chi connectivity index (χ0) is 31.7. The fraction of sp³-hybridized carbons (Fsp3) is 0.0233. The van der Waals surface area contributed by atoms with E-state index >= 15 is 0 Å². The van der Waals surface area contributed by atoms with Crippen molar-refractivity contribution in [1.29, 1.82) is 5.26 Å². The van der Waals surface area contributed by atoms with E-state index in [1.165, 1.54) is 16.7 Å². The second-order valence-electron chi connectivity index (χ2n) is 11.0. The molecule has 6 aromatic carbocycles. The van der Waals surface area contributed by atoms with Crippen LogP contribution in [0.25, 0.3) is 40.3 Å². The smallest absolute Gasteiger partial charge is 0.194 e. The zero-order valence-corrected chi connectivity index (χ0v) is 25.5. The highest BCUT2D eigenvalue weighted by Gasteiger charge is 2.13. The minimum atomic E-state index is 0.504. The van der Waals surface area contributed by atoms with Crippen molar-refractivity contribution in [1.82, 2.24) is 0 Å². The van der Waals surface area contributed by atoms with Crippen molar-refractivity contribution in [2.75, 3.05) is 4.90 Å². The average molecular weight is 590 g/mol. The van der Waals surface area contributed by atoms with Crippen LogP contribution in [-0.4, -0.2) is 0 Å². The Labute approximate surface area is 271 Å². The van der Waals surface area contributed by atoms with Gasteiger partial charge in [0, 0.05) is 17.1 Å². The van der Waals surface area contributed by atoms with Crippen molar-refractivity contribution >= 4 is 47.1 Å².